The van der Waals surface area contributed by atoms with Crippen LogP contribution in [-0.4, -0.2) is 15.2 Å². The van der Waals surface area contributed by atoms with E-state index in [-0.39, 0.29) is 17.5 Å². The molecule has 84 valence electrons. The smallest absolute Gasteiger partial charge is 0.252 e. The van der Waals surface area contributed by atoms with Crippen LogP contribution in [0.15, 0.2) is 22.7 Å². The zero-order valence-electron chi connectivity index (χ0n) is 8.15. The maximum absolute atomic E-state index is 12.9. The van der Waals surface area contributed by atoms with Crippen molar-refractivity contribution in [2.45, 2.75) is 13.0 Å². The predicted molar refractivity (Wildman–Crippen MR) is 54.4 cm³/mol. The SMILES string of the molecule is OCc1nc(Cc2ccc(F)c(Cl)c2)no1. The van der Waals surface area contributed by atoms with Crippen molar-refractivity contribution in [3.05, 3.63) is 46.3 Å². The Labute approximate surface area is 95.7 Å². The number of nitrogens with zero attached hydrogens (tertiary/aromatic N) is 2. The summed E-state index contributed by atoms with van der Waals surface area (Å²) in [6.45, 7) is -0.294. The van der Waals surface area contributed by atoms with Crippen LogP contribution in [0.4, 0.5) is 4.39 Å². The van der Waals surface area contributed by atoms with Gasteiger partial charge in [-0.05, 0) is 17.7 Å². The van der Waals surface area contributed by atoms with Gasteiger partial charge in [-0.3, -0.25) is 0 Å². The number of aliphatic hydroxyl groups excluding tert-OH is 1. The molecule has 16 heavy (non-hydrogen) atoms. The molecule has 1 aromatic heterocycles. The van der Waals surface area contributed by atoms with Crippen LogP contribution in [0.1, 0.15) is 17.3 Å². The molecular weight excluding hydrogens is 235 g/mol. The quantitative estimate of drug-likeness (QED) is 0.894. The van der Waals surface area contributed by atoms with Crippen molar-refractivity contribution in [2.75, 3.05) is 0 Å². The molecule has 2 aromatic rings. The standard InChI is InChI=1S/C10H8ClFN2O2/c11-7-3-6(1-2-8(7)12)4-9-13-10(5-15)16-14-9/h1-3,15H,4-5H2. The summed E-state index contributed by atoms with van der Waals surface area (Å²) in [4.78, 5) is 3.91. The first-order valence-electron chi connectivity index (χ1n) is 4.55. The van der Waals surface area contributed by atoms with Crippen molar-refractivity contribution < 1.29 is 14.0 Å². The van der Waals surface area contributed by atoms with Crippen molar-refractivity contribution >= 4 is 11.6 Å². The summed E-state index contributed by atoms with van der Waals surface area (Å²) in [5, 5.41) is 12.4. The van der Waals surface area contributed by atoms with E-state index in [9.17, 15) is 4.39 Å². The lowest BCUT2D eigenvalue weighted by Gasteiger charge is -1.98. The second kappa shape index (κ2) is 4.59. The van der Waals surface area contributed by atoms with Crippen LogP contribution < -0.4 is 0 Å². The van der Waals surface area contributed by atoms with Crippen LogP contribution in [0.5, 0.6) is 0 Å². The number of rotatable bonds is 3. The van der Waals surface area contributed by atoms with E-state index in [0.29, 0.717) is 12.2 Å². The van der Waals surface area contributed by atoms with E-state index in [0.717, 1.165) is 5.56 Å². The van der Waals surface area contributed by atoms with Gasteiger partial charge in [0.05, 0.1) is 5.02 Å². The van der Waals surface area contributed by atoms with Gasteiger partial charge in [0, 0.05) is 6.42 Å². The third-order valence-electron chi connectivity index (χ3n) is 1.99. The summed E-state index contributed by atoms with van der Waals surface area (Å²) in [7, 11) is 0. The molecule has 4 nitrogen and oxygen atoms in total. The minimum Gasteiger partial charge on any atom is -0.387 e. The third-order valence-corrected chi connectivity index (χ3v) is 2.28. The Balaban J connectivity index is 2.17. The van der Waals surface area contributed by atoms with E-state index >= 15 is 0 Å². The fraction of sp³-hybridized carbons (Fsp3) is 0.200. The summed E-state index contributed by atoms with van der Waals surface area (Å²) >= 11 is 5.63. The van der Waals surface area contributed by atoms with Crippen molar-refractivity contribution in [1.29, 1.82) is 0 Å². The molecule has 6 heteroatoms. The molecule has 0 aliphatic carbocycles. The molecule has 0 spiro atoms. The van der Waals surface area contributed by atoms with Crippen LogP contribution >= 0.6 is 11.6 Å². The molecule has 0 atom stereocenters. The zero-order chi connectivity index (χ0) is 11.5. The normalized spacial score (nSPS) is 10.7. The Morgan fingerprint density at radius 3 is 2.88 bits per heavy atom. The maximum atomic E-state index is 12.9. The van der Waals surface area contributed by atoms with Gasteiger partial charge < -0.3 is 9.63 Å². The highest BCUT2D eigenvalue weighted by atomic mass is 35.5. The summed E-state index contributed by atoms with van der Waals surface area (Å²) in [5.41, 5.74) is 0.775. The lowest BCUT2D eigenvalue weighted by molar-refractivity contribution is 0.222. The lowest BCUT2D eigenvalue weighted by atomic mass is 10.1. The Kier molecular flexibility index (Phi) is 3.17. The van der Waals surface area contributed by atoms with Gasteiger partial charge in [-0.25, -0.2) is 4.39 Å². The van der Waals surface area contributed by atoms with Crippen LogP contribution in [0.25, 0.3) is 0 Å². The summed E-state index contributed by atoms with van der Waals surface area (Å²) in [6.07, 6.45) is 0.378. The molecule has 1 N–H and O–H groups in total. The van der Waals surface area contributed by atoms with E-state index in [1.165, 1.54) is 12.1 Å². The fourth-order valence-corrected chi connectivity index (χ4v) is 1.46. The highest BCUT2D eigenvalue weighted by Crippen LogP contribution is 2.17. The number of benzene rings is 1. The second-order valence-corrected chi connectivity index (χ2v) is 3.59. The van der Waals surface area contributed by atoms with E-state index in [1.54, 1.807) is 6.07 Å². The van der Waals surface area contributed by atoms with Gasteiger partial charge in [-0.2, -0.15) is 4.98 Å². The topological polar surface area (TPSA) is 59.2 Å². The molecule has 0 radical (unpaired) electrons. The van der Waals surface area contributed by atoms with Crippen molar-refractivity contribution in [1.82, 2.24) is 10.1 Å². The van der Waals surface area contributed by atoms with Gasteiger partial charge >= 0.3 is 0 Å². The van der Waals surface area contributed by atoms with E-state index in [4.69, 9.17) is 21.2 Å². The molecule has 0 aliphatic rings. The molecule has 0 bridgehead atoms. The van der Waals surface area contributed by atoms with Gasteiger partial charge in [0.25, 0.3) is 5.89 Å². The van der Waals surface area contributed by atoms with E-state index in [2.05, 4.69) is 10.1 Å². The summed E-state index contributed by atoms with van der Waals surface area (Å²) in [6, 6.07) is 4.38. The van der Waals surface area contributed by atoms with Gasteiger partial charge in [-0.1, -0.05) is 22.8 Å². The monoisotopic (exact) mass is 242 g/mol. The number of hydrogen-bond donors (Lipinski definition) is 1. The molecular formula is C10H8ClFN2O2. The third kappa shape index (κ3) is 2.37. The van der Waals surface area contributed by atoms with E-state index in [1.807, 2.05) is 0 Å². The van der Waals surface area contributed by atoms with Gasteiger partial charge in [0.15, 0.2) is 5.82 Å². The first kappa shape index (κ1) is 11.0. The van der Waals surface area contributed by atoms with Crippen molar-refractivity contribution in [3.8, 4) is 0 Å². The highest BCUT2D eigenvalue weighted by Gasteiger charge is 2.07. The zero-order valence-corrected chi connectivity index (χ0v) is 8.91. The van der Waals surface area contributed by atoms with Gasteiger partial charge in [0.2, 0.25) is 0 Å². The average molecular weight is 243 g/mol. The molecule has 0 fully saturated rings. The number of aromatic nitrogens is 2. The van der Waals surface area contributed by atoms with Gasteiger partial charge in [-0.15, -0.1) is 0 Å². The van der Waals surface area contributed by atoms with Crippen LogP contribution in [0.2, 0.25) is 5.02 Å². The number of aliphatic hydroxyl groups is 1. The molecule has 1 heterocycles. The second-order valence-electron chi connectivity index (χ2n) is 3.19. The lowest BCUT2D eigenvalue weighted by Crippen LogP contribution is -1.92. The molecule has 0 aliphatic heterocycles. The molecule has 0 saturated heterocycles. The Hall–Kier alpha value is -1.46. The Morgan fingerprint density at radius 1 is 1.44 bits per heavy atom. The van der Waals surface area contributed by atoms with Crippen LogP contribution in [-0.2, 0) is 13.0 Å². The molecule has 0 unspecified atom stereocenters. The van der Waals surface area contributed by atoms with E-state index < -0.39 is 5.82 Å². The van der Waals surface area contributed by atoms with Gasteiger partial charge in [0.1, 0.15) is 12.4 Å². The van der Waals surface area contributed by atoms with Crippen LogP contribution in [0.3, 0.4) is 0 Å². The number of hydrogen-bond acceptors (Lipinski definition) is 4. The Bertz CT molecular complexity index is 501. The van der Waals surface area contributed by atoms with Crippen molar-refractivity contribution in [2.24, 2.45) is 0 Å². The summed E-state index contributed by atoms with van der Waals surface area (Å²) < 4.78 is 17.6. The first-order chi connectivity index (χ1) is 7.69. The van der Waals surface area contributed by atoms with Crippen molar-refractivity contribution in [3.63, 3.8) is 0 Å². The molecule has 1 aromatic carbocycles. The minimum atomic E-state index is -0.463. The highest BCUT2D eigenvalue weighted by molar-refractivity contribution is 6.30. The number of halogens is 2. The maximum Gasteiger partial charge on any atom is 0.252 e. The van der Waals surface area contributed by atoms with Crippen LogP contribution in [0, 0.1) is 5.82 Å². The molecule has 0 amide bonds. The first-order valence-corrected chi connectivity index (χ1v) is 4.93. The Morgan fingerprint density at radius 2 is 2.25 bits per heavy atom. The predicted octanol–water partition coefficient (Wildman–Crippen LogP) is 1.95. The summed E-state index contributed by atoms with van der Waals surface area (Å²) in [5.74, 6) is 0.115. The fourth-order valence-electron chi connectivity index (χ4n) is 1.26. The molecule has 2 rings (SSSR count). The average Bonchev–Trinajstić information content (AvgIpc) is 2.71. The largest absolute Gasteiger partial charge is 0.387 e. The molecule has 0 saturated carbocycles. The minimum absolute atomic E-state index is 0.0587.